The maximum absolute atomic E-state index is 11.1. The van der Waals surface area contributed by atoms with Crippen LogP contribution in [-0.2, 0) is 11.3 Å². The smallest absolute Gasteiger partial charge is 0.243 e. The van der Waals surface area contributed by atoms with Gasteiger partial charge >= 0.3 is 0 Å². The number of aryl methyl sites for hydroxylation is 1. The summed E-state index contributed by atoms with van der Waals surface area (Å²) >= 11 is 6.03. The standard InChI is InChI=1S/C15H15ClN6O2/c16-15-19-13(18-10-5-2-1-3-6-10)12-14(20-15)22(9-17-12)8-4-7-11(23)21-24/h1-3,5-6,9,24H,4,7-8H2,(H,21,23)(H,18,19,20). The topological polar surface area (TPSA) is 105 Å². The fraction of sp³-hybridized carbons (Fsp3) is 0.200. The Balaban J connectivity index is 1.85. The first-order chi connectivity index (χ1) is 11.7. The molecule has 0 spiro atoms. The van der Waals surface area contributed by atoms with Crippen molar-refractivity contribution in [1.29, 1.82) is 0 Å². The van der Waals surface area contributed by atoms with Gasteiger partial charge in [0.15, 0.2) is 17.0 Å². The molecule has 3 rings (SSSR count). The molecular formula is C15H15ClN6O2. The maximum atomic E-state index is 11.1. The summed E-state index contributed by atoms with van der Waals surface area (Å²) in [6.45, 7) is 0.516. The van der Waals surface area contributed by atoms with Gasteiger partial charge in [-0.05, 0) is 30.2 Å². The van der Waals surface area contributed by atoms with E-state index in [0.29, 0.717) is 29.9 Å². The average molecular weight is 347 g/mol. The van der Waals surface area contributed by atoms with Gasteiger partial charge in [0.05, 0.1) is 6.33 Å². The van der Waals surface area contributed by atoms with Crippen LogP contribution in [0.2, 0.25) is 5.28 Å². The number of halogens is 1. The highest BCUT2D eigenvalue weighted by Gasteiger charge is 2.13. The molecule has 3 aromatic rings. The molecule has 0 aliphatic heterocycles. The van der Waals surface area contributed by atoms with E-state index in [1.54, 1.807) is 16.4 Å². The molecule has 0 saturated carbocycles. The molecule has 2 heterocycles. The number of anilines is 2. The Kier molecular flexibility index (Phi) is 4.88. The zero-order valence-corrected chi connectivity index (χ0v) is 13.4. The first-order valence-corrected chi connectivity index (χ1v) is 7.68. The number of imidazole rings is 1. The van der Waals surface area contributed by atoms with Crippen LogP contribution in [0.15, 0.2) is 36.7 Å². The summed E-state index contributed by atoms with van der Waals surface area (Å²) in [6, 6.07) is 9.56. The second-order valence-corrected chi connectivity index (χ2v) is 5.42. The van der Waals surface area contributed by atoms with Crippen LogP contribution < -0.4 is 10.8 Å². The van der Waals surface area contributed by atoms with Gasteiger partial charge < -0.3 is 9.88 Å². The highest BCUT2D eigenvalue weighted by molar-refractivity contribution is 6.28. The van der Waals surface area contributed by atoms with Crippen LogP contribution in [0.1, 0.15) is 12.8 Å². The Labute approximate surface area is 142 Å². The van der Waals surface area contributed by atoms with E-state index < -0.39 is 5.91 Å². The molecule has 1 amide bonds. The van der Waals surface area contributed by atoms with Crippen molar-refractivity contribution in [2.45, 2.75) is 19.4 Å². The molecule has 24 heavy (non-hydrogen) atoms. The maximum Gasteiger partial charge on any atom is 0.243 e. The number of para-hydroxylation sites is 1. The number of aromatic nitrogens is 4. The van der Waals surface area contributed by atoms with Crippen LogP contribution >= 0.6 is 11.6 Å². The molecule has 0 saturated heterocycles. The fourth-order valence-corrected chi connectivity index (χ4v) is 2.46. The minimum atomic E-state index is -0.432. The molecule has 0 aliphatic carbocycles. The number of rotatable bonds is 6. The minimum Gasteiger partial charge on any atom is -0.338 e. The summed E-state index contributed by atoms with van der Waals surface area (Å²) in [5.41, 5.74) is 3.64. The molecule has 0 bridgehead atoms. The Hall–Kier alpha value is -2.71. The second kappa shape index (κ2) is 7.24. The molecule has 0 atom stereocenters. The molecule has 124 valence electrons. The number of hydrogen-bond donors (Lipinski definition) is 3. The van der Waals surface area contributed by atoms with E-state index in [9.17, 15) is 4.79 Å². The van der Waals surface area contributed by atoms with Crippen LogP contribution in [0.25, 0.3) is 11.2 Å². The van der Waals surface area contributed by atoms with Gasteiger partial charge in [0.1, 0.15) is 0 Å². The van der Waals surface area contributed by atoms with Crippen LogP contribution in [0.3, 0.4) is 0 Å². The van der Waals surface area contributed by atoms with Crippen molar-refractivity contribution >= 4 is 40.2 Å². The van der Waals surface area contributed by atoms with Crippen LogP contribution in [0.4, 0.5) is 11.5 Å². The minimum absolute atomic E-state index is 0.107. The van der Waals surface area contributed by atoms with Gasteiger partial charge in [-0.3, -0.25) is 10.0 Å². The van der Waals surface area contributed by atoms with Crippen LogP contribution in [0, 0.1) is 0 Å². The lowest BCUT2D eigenvalue weighted by Gasteiger charge is -2.07. The number of fused-ring (bicyclic) bond motifs is 1. The monoisotopic (exact) mass is 346 g/mol. The largest absolute Gasteiger partial charge is 0.338 e. The third kappa shape index (κ3) is 3.61. The number of amides is 1. The summed E-state index contributed by atoms with van der Waals surface area (Å²) in [5, 5.41) is 11.8. The van der Waals surface area contributed by atoms with Crippen LogP contribution in [0.5, 0.6) is 0 Å². The fourth-order valence-electron chi connectivity index (χ4n) is 2.29. The summed E-state index contributed by atoms with van der Waals surface area (Å²) in [6.07, 6.45) is 2.35. The molecular weight excluding hydrogens is 332 g/mol. The van der Waals surface area contributed by atoms with Gasteiger partial charge in [-0.15, -0.1) is 0 Å². The van der Waals surface area contributed by atoms with Crippen molar-refractivity contribution in [2.75, 3.05) is 5.32 Å². The van der Waals surface area contributed by atoms with Crippen molar-refractivity contribution < 1.29 is 10.0 Å². The highest BCUT2D eigenvalue weighted by atomic mass is 35.5. The zero-order chi connectivity index (χ0) is 16.9. The SMILES string of the molecule is O=C(CCCn1cnc2c(Nc3ccccc3)nc(Cl)nc21)NO. The Morgan fingerprint density at radius 3 is 2.79 bits per heavy atom. The van der Waals surface area contributed by atoms with E-state index in [2.05, 4.69) is 20.3 Å². The number of hydrogen-bond acceptors (Lipinski definition) is 6. The summed E-state index contributed by atoms with van der Waals surface area (Å²) in [7, 11) is 0. The van der Waals surface area contributed by atoms with Crippen molar-refractivity contribution in [3.63, 3.8) is 0 Å². The molecule has 3 N–H and O–H groups in total. The third-order valence-corrected chi connectivity index (χ3v) is 3.57. The van der Waals surface area contributed by atoms with E-state index in [4.69, 9.17) is 16.8 Å². The van der Waals surface area contributed by atoms with Crippen molar-refractivity contribution in [2.24, 2.45) is 0 Å². The number of hydroxylamine groups is 1. The van der Waals surface area contributed by atoms with E-state index in [0.717, 1.165) is 5.69 Å². The number of carbonyl (C=O) groups excluding carboxylic acids is 1. The normalized spacial score (nSPS) is 10.8. The zero-order valence-electron chi connectivity index (χ0n) is 12.6. The van der Waals surface area contributed by atoms with Crippen LogP contribution in [-0.4, -0.2) is 30.6 Å². The molecule has 0 unspecified atom stereocenters. The van der Waals surface area contributed by atoms with E-state index in [1.165, 1.54) is 0 Å². The number of nitrogens with zero attached hydrogens (tertiary/aromatic N) is 4. The number of carbonyl (C=O) groups is 1. The molecule has 9 heteroatoms. The molecule has 2 aromatic heterocycles. The lowest BCUT2D eigenvalue weighted by atomic mass is 10.3. The lowest BCUT2D eigenvalue weighted by Crippen LogP contribution is -2.18. The van der Waals surface area contributed by atoms with E-state index in [1.807, 2.05) is 30.3 Å². The predicted octanol–water partition coefficient (Wildman–Crippen LogP) is 2.51. The Bertz CT molecular complexity index is 852. The summed E-state index contributed by atoms with van der Waals surface area (Å²) in [4.78, 5) is 23.8. The highest BCUT2D eigenvalue weighted by Crippen LogP contribution is 2.24. The molecule has 0 fully saturated rings. The molecule has 0 aliphatic rings. The predicted molar refractivity (Wildman–Crippen MR) is 89.2 cm³/mol. The quantitative estimate of drug-likeness (QED) is 0.360. The van der Waals surface area contributed by atoms with Gasteiger partial charge in [-0.1, -0.05) is 18.2 Å². The first-order valence-electron chi connectivity index (χ1n) is 7.31. The van der Waals surface area contributed by atoms with Gasteiger partial charge in [0, 0.05) is 18.7 Å². The summed E-state index contributed by atoms with van der Waals surface area (Å²) in [5.74, 6) is 0.0848. The van der Waals surface area contributed by atoms with Crippen molar-refractivity contribution in [1.82, 2.24) is 25.0 Å². The van der Waals surface area contributed by atoms with E-state index in [-0.39, 0.29) is 11.7 Å². The number of benzene rings is 1. The average Bonchev–Trinajstić information content (AvgIpc) is 2.98. The molecule has 0 radical (unpaired) electrons. The number of nitrogens with one attached hydrogen (secondary N) is 2. The van der Waals surface area contributed by atoms with Crippen molar-refractivity contribution in [3.8, 4) is 0 Å². The van der Waals surface area contributed by atoms with E-state index >= 15 is 0 Å². The van der Waals surface area contributed by atoms with Gasteiger partial charge in [0.2, 0.25) is 11.2 Å². The molecule has 8 nitrogen and oxygen atoms in total. The Morgan fingerprint density at radius 2 is 2.04 bits per heavy atom. The summed E-state index contributed by atoms with van der Waals surface area (Å²) < 4.78 is 1.80. The third-order valence-electron chi connectivity index (χ3n) is 3.40. The van der Waals surface area contributed by atoms with Gasteiger partial charge in [-0.25, -0.2) is 10.5 Å². The van der Waals surface area contributed by atoms with Gasteiger partial charge in [0.25, 0.3) is 0 Å². The second-order valence-electron chi connectivity index (χ2n) is 5.08. The van der Waals surface area contributed by atoms with Crippen molar-refractivity contribution in [3.05, 3.63) is 41.9 Å². The Morgan fingerprint density at radius 1 is 1.25 bits per heavy atom. The van der Waals surface area contributed by atoms with Gasteiger partial charge in [-0.2, -0.15) is 9.97 Å². The lowest BCUT2D eigenvalue weighted by molar-refractivity contribution is -0.129. The first kappa shape index (κ1) is 16.2. The molecule has 1 aromatic carbocycles.